The van der Waals surface area contributed by atoms with E-state index in [4.69, 9.17) is 4.98 Å². The minimum atomic E-state index is -0.229. The van der Waals surface area contributed by atoms with Crippen LogP contribution in [0.1, 0.15) is 28.6 Å². The molecule has 5 nitrogen and oxygen atoms in total. The summed E-state index contributed by atoms with van der Waals surface area (Å²) in [7, 11) is 0. The van der Waals surface area contributed by atoms with Crippen molar-refractivity contribution in [1.82, 2.24) is 19.5 Å². The summed E-state index contributed by atoms with van der Waals surface area (Å²) in [6, 6.07) is 8.42. The Kier molecular flexibility index (Phi) is 3.95. The lowest BCUT2D eigenvalue weighted by atomic mass is 10.1. The van der Waals surface area contributed by atoms with Crippen LogP contribution in [0.5, 0.6) is 0 Å². The van der Waals surface area contributed by atoms with Crippen molar-refractivity contribution in [2.45, 2.75) is 33.4 Å². The van der Waals surface area contributed by atoms with E-state index < -0.39 is 0 Å². The number of hydrogen-bond donors (Lipinski definition) is 0. The molecule has 0 saturated heterocycles. The van der Waals surface area contributed by atoms with Gasteiger partial charge < -0.3 is 9.47 Å². The third-order valence-corrected chi connectivity index (χ3v) is 4.75. The average Bonchev–Trinajstić information content (AvgIpc) is 2.91. The molecule has 3 heterocycles. The highest BCUT2D eigenvalue weighted by Gasteiger charge is 2.21. The van der Waals surface area contributed by atoms with Crippen molar-refractivity contribution in [3.8, 4) is 0 Å². The maximum atomic E-state index is 13.0. The van der Waals surface area contributed by atoms with E-state index in [9.17, 15) is 4.39 Å². The fourth-order valence-corrected chi connectivity index (χ4v) is 3.24. The molecule has 0 unspecified atom stereocenters. The van der Waals surface area contributed by atoms with Crippen LogP contribution in [0.4, 0.5) is 10.2 Å². The molecule has 1 aliphatic heterocycles. The van der Waals surface area contributed by atoms with Gasteiger partial charge in [0.25, 0.3) is 0 Å². The molecule has 6 heteroatoms. The lowest BCUT2D eigenvalue weighted by molar-refractivity contribution is 0.546. The van der Waals surface area contributed by atoms with Gasteiger partial charge in [-0.1, -0.05) is 12.1 Å². The summed E-state index contributed by atoms with van der Waals surface area (Å²) in [5.74, 6) is 2.51. The fourth-order valence-electron chi connectivity index (χ4n) is 3.24. The second kappa shape index (κ2) is 6.27. The van der Waals surface area contributed by atoms with Gasteiger partial charge in [0.15, 0.2) is 0 Å². The van der Waals surface area contributed by atoms with Crippen molar-refractivity contribution >= 4 is 5.82 Å². The number of aryl methyl sites for hydroxylation is 1. The van der Waals surface area contributed by atoms with Gasteiger partial charge >= 0.3 is 0 Å². The molecular formula is C19H20FN5. The second-order valence-corrected chi connectivity index (χ2v) is 6.41. The van der Waals surface area contributed by atoms with E-state index in [0.29, 0.717) is 6.42 Å². The van der Waals surface area contributed by atoms with Crippen molar-refractivity contribution in [3.05, 3.63) is 70.9 Å². The Morgan fingerprint density at radius 1 is 1.04 bits per heavy atom. The number of benzene rings is 1. The van der Waals surface area contributed by atoms with Gasteiger partial charge in [0.2, 0.25) is 0 Å². The van der Waals surface area contributed by atoms with Gasteiger partial charge in [0.1, 0.15) is 23.3 Å². The van der Waals surface area contributed by atoms with Crippen LogP contribution >= 0.6 is 0 Å². The highest BCUT2D eigenvalue weighted by atomic mass is 19.1. The zero-order valence-corrected chi connectivity index (χ0v) is 14.4. The Morgan fingerprint density at radius 2 is 1.84 bits per heavy atom. The lowest BCUT2D eigenvalue weighted by Crippen LogP contribution is -2.34. The van der Waals surface area contributed by atoms with Gasteiger partial charge in [-0.15, -0.1) is 0 Å². The first-order valence-electron chi connectivity index (χ1n) is 8.44. The van der Waals surface area contributed by atoms with Gasteiger partial charge in [-0.05, 0) is 37.6 Å². The number of halogens is 1. The van der Waals surface area contributed by atoms with Crippen LogP contribution in [0.25, 0.3) is 0 Å². The molecule has 128 valence electrons. The lowest BCUT2D eigenvalue weighted by Gasteiger charge is -2.29. The standard InChI is InChI=1S/C19H20FN5/c1-13-14(2)25-10-9-24(12-19(25)22-13)18-7-8-21-17(23-18)11-15-3-5-16(20)6-4-15/h3-8H,9-12H2,1-2H3. The van der Waals surface area contributed by atoms with Crippen LogP contribution in [0.15, 0.2) is 36.5 Å². The quantitative estimate of drug-likeness (QED) is 0.737. The predicted molar refractivity (Wildman–Crippen MR) is 94.0 cm³/mol. The summed E-state index contributed by atoms with van der Waals surface area (Å²) in [4.78, 5) is 16.0. The van der Waals surface area contributed by atoms with Crippen LogP contribution in [-0.4, -0.2) is 26.1 Å². The van der Waals surface area contributed by atoms with Gasteiger partial charge in [0, 0.05) is 31.4 Å². The summed E-state index contributed by atoms with van der Waals surface area (Å²) >= 11 is 0. The minimum absolute atomic E-state index is 0.229. The van der Waals surface area contributed by atoms with Crippen molar-refractivity contribution < 1.29 is 4.39 Å². The molecule has 0 N–H and O–H groups in total. The van der Waals surface area contributed by atoms with Crippen LogP contribution in [0, 0.1) is 19.7 Å². The zero-order valence-electron chi connectivity index (χ0n) is 14.4. The first kappa shape index (κ1) is 15.7. The highest BCUT2D eigenvalue weighted by Crippen LogP contribution is 2.21. The summed E-state index contributed by atoms with van der Waals surface area (Å²) in [5.41, 5.74) is 3.34. The molecule has 0 radical (unpaired) electrons. The molecule has 0 spiro atoms. The van der Waals surface area contributed by atoms with E-state index in [1.54, 1.807) is 18.3 Å². The van der Waals surface area contributed by atoms with E-state index in [1.165, 1.54) is 17.8 Å². The molecule has 1 aromatic carbocycles. The summed E-state index contributed by atoms with van der Waals surface area (Å²) in [5, 5.41) is 0. The van der Waals surface area contributed by atoms with Gasteiger partial charge in [0.05, 0.1) is 12.2 Å². The predicted octanol–water partition coefficient (Wildman–Crippen LogP) is 3.04. The van der Waals surface area contributed by atoms with Crippen molar-refractivity contribution in [1.29, 1.82) is 0 Å². The maximum Gasteiger partial charge on any atom is 0.135 e. The third kappa shape index (κ3) is 3.12. The molecule has 0 saturated carbocycles. The number of fused-ring (bicyclic) bond motifs is 1. The molecule has 0 fully saturated rings. The van der Waals surface area contributed by atoms with Crippen LogP contribution in [0.3, 0.4) is 0 Å². The summed E-state index contributed by atoms with van der Waals surface area (Å²) in [6.45, 7) is 6.74. The van der Waals surface area contributed by atoms with Crippen molar-refractivity contribution in [2.24, 2.45) is 0 Å². The Morgan fingerprint density at radius 3 is 2.64 bits per heavy atom. The van der Waals surface area contributed by atoms with E-state index in [0.717, 1.165) is 48.4 Å². The normalized spacial score (nSPS) is 13.8. The summed E-state index contributed by atoms with van der Waals surface area (Å²) in [6.07, 6.45) is 2.38. The Hall–Kier alpha value is -2.76. The van der Waals surface area contributed by atoms with Crippen molar-refractivity contribution in [2.75, 3.05) is 11.4 Å². The van der Waals surface area contributed by atoms with Gasteiger partial charge in [-0.3, -0.25) is 0 Å². The van der Waals surface area contributed by atoms with E-state index in [-0.39, 0.29) is 5.82 Å². The third-order valence-electron chi connectivity index (χ3n) is 4.75. The molecule has 0 amide bonds. The number of aromatic nitrogens is 4. The number of rotatable bonds is 3. The van der Waals surface area contributed by atoms with E-state index in [1.807, 2.05) is 6.07 Å². The fraction of sp³-hybridized carbons (Fsp3) is 0.316. The average molecular weight is 337 g/mol. The van der Waals surface area contributed by atoms with Crippen LogP contribution in [-0.2, 0) is 19.5 Å². The molecule has 4 rings (SSSR count). The Labute approximate surface area is 146 Å². The molecule has 1 aliphatic rings. The Balaban J connectivity index is 1.54. The summed E-state index contributed by atoms with van der Waals surface area (Å²) < 4.78 is 15.3. The monoisotopic (exact) mass is 337 g/mol. The maximum absolute atomic E-state index is 13.0. The number of hydrogen-bond acceptors (Lipinski definition) is 4. The minimum Gasteiger partial charge on any atom is -0.347 e. The van der Waals surface area contributed by atoms with E-state index >= 15 is 0 Å². The van der Waals surface area contributed by atoms with Crippen LogP contribution < -0.4 is 4.90 Å². The molecular weight excluding hydrogens is 317 g/mol. The zero-order chi connectivity index (χ0) is 17.4. The smallest absolute Gasteiger partial charge is 0.135 e. The van der Waals surface area contributed by atoms with Gasteiger partial charge in [-0.25, -0.2) is 19.3 Å². The number of nitrogens with zero attached hydrogens (tertiary/aromatic N) is 5. The highest BCUT2D eigenvalue weighted by molar-refractivity contribution is 5.39. The molecule has 2 aromatic heterocycles. The molecule has 0 aliphatic carbocycles. The molecule has 0 atom stereocenters. The molecule has 3 aromatic rings. The van der Waals surface area contributed by atoms with Gasteiger partial charge in [-0.2, -0.15) is 0 Å². The number of imidazole rings is 1. The second-order valence-electron chi connectivity index (χ2n) is 6.41. The number of anilines is 1. The van der Waals surface area contributed by atoms with E-state index in [2.05, 4.69) is 33.3 Å². The topological polar surface area (TPSA) is 46.8 Å². The Bertz CT molecular complexity index is 901. The SMILES string of the molecule is Cc1nc2n(c1C)CCN(c1ccnc(Cc3ccc(F)cc3)n1)C2. The molecule has 25 heavy (non-hydrogen) atoms. The van der Waals surface area contributed by atoms with Crippen molar-refractivity contribution in [3.63, 3.8) is 0 Å². The van der Waals surface area contributed by atoms with Crippen LogP contribution in [0.2, 0.25) is 0 Å². The first-order valence-corrected chi connectivity index (χ1v) is 8.44. The largest absolute Gasteiger partial charge is 0.347 e. The first-order chi connectivity index (χ1) is 12.1. The molecule has 0 bridgehead atoms.